The second-order valence-corrected chi connectivity index (χ2v) is 4.53. The highest BCUT2D eigenvalue weighted by atomic mass is 79.9. The Bertz CT molecular complexity index is 330. The van der Waals surface area contributed by atoms with Crippen LogP contribution in [-0.4, -0.2) is 19.0 Å². The van der Waals surface area contributed by atoms with Crippen molar-refractivity contribution in [1.29, 1.82) is 0 Å². The molecule has 1 amide bonds. The summed E-state index contributed by atoms with van der Waals surface area (Å²) in [6, 6.07) is 8.11. The molecule has 0 fully saturated rings. The molecule has 0 radical (unpaired) electrons. The maximum Gasteiger partial charge on any atom is 0.220 e. The molecule has 0 atom stereocenters. The molecule has 5 heteroatoms. The Morgan fingerprint density at radius 1 is 1.29 bits per heavy atom. The van der Waals surface area contributed by atoms with Gasteiger partial charge < -0.3 is 11.1 Å². The maximum absolute atomic E-state index is 11.3. The molecular weight excluding hydrogens is 304 g/mol. The molecule has 1 rings (SSSR count). The van der Waals surface area contributed by atoms with Crippen LogP contribution in [0.3, 0.4) is 0 Å². The van der Waals surface area contributed by atoms with E-state index in [1.807, 2.05) is 12.1 Å². The molecule has 3 nitrogen and oxygen atoms in total. The molecule has 0 heterocycles. The Morgan fingerprint density at radius 2 is 1.94 bits per heavy atom. The van der Waals surface area contributed by atoms with Crippen LogP contribution in [-0.2, 0) is 11.2 Å². The Morgan fingerprint density at radius 3 is 2.53 bits per heavy atom. The van der Waals surface area contributed by atoms with Crippen molar-refractivity contribution in [3.05, 3.63) is 34.3 Å². The first-order chi connectivity index (χ1) is 7.72. The minimum atomic E-state index is 0. The molecule has 0 spiro atoms. The van der Waals surface area contributed by atoms with Gasteiger partial charge in [0.25, 0.3) is 0 Å². The zero-order chi connectivity index (χ0) is 11.8. The number of halogens is 2. The van der Waals surface area contributed by atoms with E-state index in [4.69, 9.17) is 5.73 Å². The normalized spacial score (nSPS) is 9.53. The predicted octanol–water partition coefficient (Wildman–Crippen LogP) is 2.27. The van der Waals surface area contributed by atoms with E-state index in [0.29, 0.717) is 19.5 Å². The molecule has 0 aromatic heterocycles. The predicted molar refractivity (Wildman–Crippen MR) is 76.4 cm³/mol. The number of nitrogens with one attached hydrogen (secondary N) is 1. The van der Waals surface area contributed by atoms with Gasteiger partial charge in [-0.05, 0) is 37.1 Å². The van der Waals surface area contributed by atoms with Gasteiger partial charge in [0.1, 0.15) is 0 Å². The van der Waals surface area contributed by atoms with Gasteiger partial charge in [-0.15, -0.1) is 12.4 Å². The molecule has 96 valence electrons. The highest BCUT2D eigenvalue weighted by Crippen LogP contribution is 2.10. The van der Waals surface area contributed by atoms with Crippen LogP contribution in [0.15, 0.2) is 28.7 Å². The quantitative estimate of drug-likeness (QED) is 0.844. The van der Waals surface area contributed by atoms with E-state index < -0.39 is 0 Å². The lowest BCUT2D eigenvalue weighted by molar-refractivity contribution is -0.121. The van der Waals surface area contributed by atoms with Crippen molar-refractivity contribution in [2.75, 3.05) is 13.1 Å². The number of hydrogen-bond donors (Lipinski definition) is 2. The molecule has 1 aromatic rings. The molecule has 1 aromatic carbocycles. The minimum absolute atomic E-state index is 0. The summed E-state index contributed by atoms with van der Waals surface area (Å²) in [4.78, 5) is 11.3. The van der Waals surface area contributed by atoms with E-state index in [-0.39, 0.29) is 18.3 Å². The first-order valence-electron chi connectivity index (χ1n) is 5.43. The summed E-state index contributed by atoms with van der Waals surface area (Å²) in [6.45, 7) is 1.26. The molecular formula is C12H18BrClN2O. The molecule has 0 aliphatic heterocycles. The van der Waals surface area contributed by atoms with Crippen LogP contribution < -0.4 is 11.1 Å². The standard InChI is InChI=1S/C12H17BrN2O.ClH/c13-11-5-3-10(4-6-11)7-9-15-12(16)2-1-8-14;/h3-6H,1-2,7-9,14H2,(H,15,16);1H. The molecule has 0 aliphatic carbocycles. The molecule has 0 saturated heterocycles. The summed E-state index contributed by atoms with van der Waals surface area (Å²) in [5.41, 5.74) is 6.55. The van der Waals surface area contributed by atoms with Gasteiger partial charge in [0.05, 0.1) is 0 Å². The maximum atomic E-state index is 11.3. The first kappa shape index (κ1) is 16.4. The second-order valence-electron chi connectivity index (χ2n) is 3.62. The summed E-state index contributed by atoms with van der Waals surface area (Å²) < 4.78 is 1.07. The molecule has 0 aliphatic rings. The second kappa shape index (κ2) is 9.45. The molecule has 17 heavy (non-hydrogen) atoms. The molecule has 3 N–H and O–H groups in total. The van der Waals surface area contributed by atoms with Crippen molar-refractivity contribution in [3.63, 3.8) is 0 Å². The van der Waals surface area contributed by atoms with Crippen LogP contribution in [0.5, 0.6) is 0 Å². The summed E-state index contributed by atoms with van der Waals surface area (Å²) in [5, 5.41) is 2.87. The van der Waals surface area contributed by atoms with Gasteiger partial charge in [0.2, 0.25) is 5.91 Å². The lowest BCUT2D eigenvalue weighted by Crippen LogP contribution is -2.25. The van der Waals surface area contributed by atoms with Crippen molar-refractivity contribution in [2.45, 2.75) is 19.3 Å². The van der Waals surface area contributed by atoms with Crippen LogP contribution in [0.2, 0.25) is 0 Å². The zero-order valence-corrected chi connectivity index (χ0v) is 12.0. The van der Waals surface area contributed by atoms with E-state index in [1.54, 1.807) is 0 Å². The molecule has 0 saturated carbocycles. The van der Waals surface area contributed by atoms with Gasteiger partial charge >= 0.3 is 0 Å². The van der Waals surface area contributed by atoms with E-state index >= 15 is 0 Å². The topological polar surface area (TPSA) is 55.1 Å². The van der Waals surface area contributed by atoms with E-state index in [2.05, 4.69) is 33.4 Å². The number of carbonyl (C=O) groups excluding carboxylic acids is 1. The lowest BCUT2D eigenvalue weighted by atomic mass is 10.1. The summed E-state index contributed by atoms with van der Waals surface area (Å²) in [7, 11) is 0. The average molecular weight is 322 g/mol. The number of carbonyl (C=O) groups is 1. The van der Waals surface area contributed by atoms with Crippen LogP contribution in [0.1, 0.15) is 18.4 Å². The van der Waals surface area contributed by atoms with Crippen molar-refractivity contribution < 1.29 is 4.79 Å². The third-order valence-electron chi connectivity index (χ3n) is 2.26. The number of rotatable bonds is 6. The van der Waals surface area contributed by atoms with E-state index in [1.165, 1.54) is 5.56 Å². The molecule has 0 bridgehead atoms. The van der Waals surface area contributed by atoms with Gasteiger partial charge in [-0.2, -0.15) is 0 Å². The third-order valence-corrected chi connectivity index (χ3v) is 2.79. The van der Waals surface area contributed by atoms with Gasteiger partial charge in [0.15, 0.2) is 0 Å². The van der Waals surface area contributed by atoms with Crippen molar-refractivity contribution in [2.24, 2.45) is 5.73 Å². The van der Waals surface area contributed by atoms with Crippen LogP contribution in [0.4, 0.5) is 0 Å². The first-order valence-corrected chi connectivity index (χ1v) is 6.23. The van der Waals surface area contributed by atoms with Crippen molar-refractivity contribution in [3.8, 4) is 0 Å². The van der Waals surface area contributed by atoms with Crippen LogP contribution >= 0.6 is 28.3 Å². The summed E-state index contributed by atoms with van der Waals surface area (Å²) in [5.74, 6) is 0.0857. The highest BCUT2D eigenvalue weighted by molar-refractivity contribution is 9.10. The monoisotopic (exact) mass is 320 g/mol. The van der Waals surface area contributed by atoms with Crippen molar-refractivity contribution in [1.82, 2.24) is 5.32 Å². The summed E-state index contributed by atoms with van der Waals surface area (Å²) >= 11 is 3.38. The fraction of sp³-hybridized carbons (Fsp3) is 0.417. The highest BCUT2D eigenvalue weighted by Gasteiger charge is 1.99. The third kappa shape index (κ3) is 7.36. The number of benzene rings is 1. The molecule has 0 unspecified atom stereocenters. The number of amides is 1. The zero-order valence-electron chi connectivity index (χ0n) is 9.62. The summed E-state index contributed by atoms with van der Waals surface area (Å²) in [6.07, 6.45) is 2.14. The smallest absolute Gasteiger partial charge is 0.220 e. The fourth-order valence-electron chi connectivity index (χ4n) is 1.35. The largest absolute Gasteiger partial charge is 0.356 e. The van der Waals surface area contributed by atoms with Gasteiger partial charge in [0, 0.05) is 17.4 Å². The average Bonchev–Trinajstić information content (AvgIpc) is 2.29. The van der Waals surface area contributed by atoms with E-state index in [0.717, 1.165) is 17.3 Å². The van der Waals surface area contributed by atoms with Gasteiger partial charge in [-0.3, -0.25) is 4.79 Å². The Hall–Kier alpha value is -0.580. The SMILES string of the molecule is Cl.NCCCC(=O)NCCc1ccc(Br)cc1. The lowest BCUT2D eigenvalue weighted by Gasteiger charge is -2.04. The Balaban J connectivity index is 0.00000256. The Kier molecular flexibility index (Phi) is 9.13. The Labute approximate surface area is 117 Å². The van der Waals surface area contributed by atoms with Gasteiger partial charge in [-0.25, -0.2) is 0 Å². The van der Waals surface area contributed by atoms with Crippen molar-refractivity contribution >= 4 is 34.2 Å². The number of nitrogens with two attached hydrogens (primary N) is 1. The van der Waals surface area contributed by atoms with Crippen LogP contribution in [0.25, 0.3) is 0 Å². The number of hydrogen-bond acceptors (Lipinski definition) is 2. The fourth-order valence-corrected chi connectivity index (χ4v) is 1.61. The van der Waals surface area contributed by atoms with Gasteiger partial charge in [-0.1, -0.05) is 28.1 Å². The van der Waals surface area contributed by atoms with E-state index in [9.17, 15) is 4.79 Å². The minimum Gasteiger partial charge on any atom is -0.356 e. The van der Waals surface area contributed by atoms with Crippen LogP contribution in [0, 0.1) is 0 Å².